The number of rotatable bonds is 4. The van der Waals surface area contributed by atoms with Crippen LogP contribution in [0.15, 0.2) is 42.0 Å². The molecule has 0 radical (unpaired) electrons. The second-order valence-corrected chi connectivity index (χ2v) is 5.06. The Balaban J connectivity index is 1.66. The van der Waals surface area contributed by atoms with E-state index >= 15 is 0 Å². The maximum Gasteiger partial charge on any atom is 0.138 e. The molecule has 0 fully saturated rings. The van der Waals surface area contributed by atoms with Gasteiger partial charge in [-0.1, -0.05) is 12.1 Å². The third-order valence-corrected chi connectivity index (χ3v) is 3.70. The van der Waals surface area contributed by atoms with Gasteiger partial charge in [-0.25, -0.2) is 14.4 Å². The molecule has 3 nitrogen and oxygen atoms in total. The van der Waals surface area contributed by atoms with Crippen LogP contribution in [0.1, 0.15) is 5.56 Å². The fourth-order valence-corrected chi connectivity index (χ4v) is 2.64. The lowest BCUT2D eigenvalue weighted by Crippen LogP contribution is -2.06. The van der Waals surface area contributed by atoms with E-state index in [1.165, 1.54) is 12.1 Å². The summed E-state index contributed by atoms with van der Waals surface area (Å²) in [6.07, 6.45) is 2.40. The molecule has 0 aliphatic heterocycles. The lowest BCUT2D eigenvalue weighted by molar-refractivity contribution is 0.627. The number of benzene rings is 1. The molecular weight excluding hydrogens is 261 g/mol. The summed E-state index contributed by atoms with van der Waals surface area (Å²) >= 11 is 1.60. The van der Waals surface area contributed by atoms with Gasteiger partial charge in [-0.2, -0.15) is 0 Å². The number of halogens is 1. The largest absolute Gasteiger partial charge is 0.369 e. The summed E-state index contributed by atoms with van der Waals surface area (Å²) in [5, 5.41) is 6.35. The fourth-order valence-electron chi connectivity index (χ4n) is 1.91. The van der Waals surface area contributed by atoms with Crippen molar-refractivity contribution in [2.24, 2.45) is 0 Å². The zero-order valence-electron chi connectivity index (χ0n) is 10.1. The van der Waals surface area contributed by atoms with Crippen molar-refractivity contribution in [3.63, 3.8) is 0 Å². The first-order chi connectivity index (χ1) is 9.33. The number of thiophene rings is 1. The van der Waals surface area contributed by atoms with Crippen molar-refractivity contribution in [3.8, 4) is 0 Å². The van der Waals surface area contributed by atoms with Gasteiger partial charge in [-0.15, -0.1) is 11.3 Å². The smallest absolute Gasteiger partial charge is 0.138 e. The van der Waals surface area contributed by atoms with Gasteiger partial charge in [0, 0.05) is 6.54 Å². The Bertz CT molecular complexity index is 678. The molecule has 0 bridgehead atoms. The van der Waals surface area contributed by atoms with Gasteiger partial charge in [0.2, 0.25) is 0 Å². The van der Waals surface area contributed by atoms with Crippen LogP contribution in [0.4, 0.5) is 10.2 Å². The Labute approximate surface area is 114 Å². The first-order valence-electron chi connectivity index (χ1n) is 5.99. The molecule has 2 aromatic heterocycles. The summed E-state index contributed by atoms with van der Waals surface area (Å²) in [7, 11) is 0. The van der Waals surface area contributed by atoms with E-state index in [1.54, 1.807) is 29.8 Å². The van der Waals surface area contributed by atoms with Gasteiger partial charge in [0.15, 0.2) is 0 Å². The predicted molar refractivity (Wildman–Crippen MR) is 76.0 cm³/mol. The second kappa shape index (κ2) is 5.32. The second-order valence-electron chi connectivity index (χ2n) is 4.16. The number of hydrogen-bond acceptors (Lipinski definition) is 4. The number of hydrogen-bond donors (Lipinski definition) is 1. The van der Waals surface area contributed by atoms with Crippen LogP contribution in [0.3, 0.4) is 0 Å². The van der Waals surface area contributed by atoms with Crippen LogP contribution in [0.2, 0.25) is 0 Å². The minimum atomic E-state index is -0.201. The van der Waals surface area contributed by atoms with Crippen molar-refractivity contribution in [2.45, 2.75) is 6.42 Å². The molecule has 0 spiro atoms. The molecule has 19 heavy (non-hydrogen) atoms. The molecule has 1 aromatic carbocycles. The molecule has 2 heterocycles. The van der Waals surface area contributed by atoms with Crippen molar-refractivity contribution in [2.75, 3.05) is 11.9 Å². The first kappa shape index (κ1) is 12.0. The van der Waals surface area contributed by atoms with Gasteiger partial charge >= 0.3 is 0 Å². The predicted octanol–water partition coefficient (Wildman–Crippen LogP) is 3.49. The molecule has 0 amide bonds. The average molecular weight is 273 g/mol. The van der Waals surface area contributed by atoms with Crippen molar-refractivity contribution in [1.82, 2.24) is 9.97 Å². The summed E-state index contributed by atoms with van der Waals surface area (Å²) < 4.78 is 12.8. The number of nitrogens with zero attached hydrogens (tertiary/aromatic N) is 2. The zero-order chi connectivity index (χ0) is 13.1. The normalized spacial score (nSPS) is 10.8. The Kier molecular flexibility index (Phi) is 3.37. The van der Waals surface area contributed by atoms with Crippen molar-refractivity contribution < 1.29 is 4.39 Å². The number of nitrogens with one attached hydrogen (secondary N) is 1. The van der Waals surface area contributed by atoms with Crippen molar-refractivity contribution in [3.05, 3.63) is 53.4 Å². The Morgan fingerprint density at radius 1 is 1.11 bits per heavy atom. The summed E-state index contributed by atoms with van der Waals surface area (Å²) in [6, 6.07) is 8.59. The lowest BCUT2D eigenvalue weighted by Gasteiger charge is -2.06. The quantitative estimate of drug-likeness (QED) is 0.790. The van der Waals surface area contributed by atoms with Crippen LogP contribution < -0.4 is 5.32 Å². The summed E-state index contributed by atoms with van der Waals surface area (Å²) in [5.41, 5.74) is 1.10. The Hall–Kier alpha value is -2.01. The van der Waals surface area contributed by atoms with Gasteiger partial charge in [-0.3, -0.25) is 0 Å². The fraction of sp³-hybridized carbons (Fsp3) is 0.143. The summed E-state index contributed by atoms with van der Waals surface area (Å²) in [4.78, 5) is 9.44. The van der Waals surface area contributed by atoms with Gasteiger partial charge < -0.3 is 5.32 Å². The monoisotopic (exact) mass is 273 g/mol. The zero-order valence-corrected chi connectivity index (χ0v) is 11.0. The van der Waals surface area contributed by atoms with Gasteiger partial charge in [0.1, 0.15) is 22.8 Å². The Morgan fingerprint density at radius 3 is 2.79 bits per heavy atom. The molecule has 96 valence electrons. The third kappa shape index (κ3) is 2.71. The minimum absolute atomic E-state index is 0.201. The van der Waals surface area contributed by atoms with Crippen LogP contribution in [0.25, 0.3) is 10.2 Å². The molecule has 1 N–H and O–H groups in total. The summed E-state index contributed by atoms with van der Waals surface area (Å²) in [6.45, 7) is 0.758. The SMILES string of the molecule is Fc1ccc(CCNc2ncnc3sccc23)cc1. The van der Waals surface area contributed by atoms with Gasteiger partial charge in [0.05, 0.1) is 5.39 Å². The minimum Gasteiger partial charge on any atom is -0.369 e. The third-order valence-electron chi connectivity index (χ3n) is 2.88. The van der Waals surface area contributed by atoms with E-state index < -0.39 is 0 Å². The van der Waals surface area contributed by atoms with Crippen LogP contribution in [0, 0.1) is 5.82 Å². The van der Waals surface area contributed by atoms with E-state index in [4.69, 9.17) is 0 Å². The molecule has 0 aliphatic carbocycles. The molecule has 0 unspecified atom stereocenters. The molecule has 0 atom stereocenters. The molecular formula is C14H12FN3S. The first-order valence-corrected chi connectivity index (χ1v) is 6.87. The van der Waals surface area contributed by atoms with Gasteiger partial charge in [-0.05, 0) is 35.6 Å². The number of aromatic nitrogens is 2. The van der Waals surface area contributed by atoms with E-state index in [9.17, 15) is 4.39 Å². The highest BCUT2D eigenvalue weighted by Crippen LogP contribution is 2.23. The summed E-state index contributed by atoms with van der Waals surface area (Å²) in [5.74, 6) is 0.654. The molecule has 3 aromatic rings. The van der Waals surface area contributed by atoms with Crippen molar-refractivity contribution in [1.29, 1.82) is 0 Å². The molecule has 5 heteroatoms. The van der Waals surface area contributed by atoms with Gasteiger partial charge in [0.25, 0.3) is 0 Å². The molecule has 0 aliphatic rings. The topological polar surface area (TPSA) is 37.8 Å². The Morgan fingerprint density at radius 2 is 1.95 bits per heavy atom. The van der Waals surface area contributed by atoms with E-state index in [-0.39, 0.29) is 5.82 Å². The van der Waals surface area contributed by atoms with E-state index in [1.807, 2.05) is 11.4 Å². The molecule has 3 rings (SSSR count). The highest BCUT2D eigenvalue weighted by Gasteiger charge is 2.03. The maximum absolute atomic E-state index is 12.8. The van der Waals surface area contributed by atoms with Crippen LogP contribution in [0.5, 0.6) is 0 Å². The van der Waals surface area contributed by atoms with Crippen LogP contribution in [-0.4, -0.2) is 16.5 Å². The maximum atomic E-state index is 12.8. The van der Waals surface area contributed by atoms with Crippen LogP contribution >= 0.6 is 11.3 Å². The van der Waals surface area contributed by atoms with E-state index in [0.717, 1.165) is 34.6 Å². The van der Waals surface area contributed by atoms with E-state index in [0.29, 0.717) is 0 Å². The lowest BCUT2D eigenvalue weighted by atomic mass is 10.1. The molecule has 0 saturated carbocycles. The highest BCUT2D eigenvalue weighted by molar-refractivity contribution is 7.16. The highest BCUT2D eigenvalue weighted by atomic mass is 32.1. The number of anilines is 1. The molecule has 0 saturated heterocycles. The number of fused-ring (bicyclic) bond motifs is 1. The average Bonchev–Trinajstić information content (AvgIpc) is 2.90. The van der Waals surface area contributed by atoms with Crippen LogP contribution in [-0.2, 0) is 6.42 Å². The van der Waals surface area contributed by atoms with E-state index in [2.05, 4.69) is 15.3 Å². The standard InChI is InChI=1S/C14H12FN3S/c15-11-3-1-10(2-4-11)5-7-16-13-12-6-8-19-14(12)18-9-17-13/h1-4,6,8-9H,5,7H2,(H,16,17,18). The van der Waals surface area contributed by atoms with Crippen molar-refractivity contribution >= 4 is 27.4 Å².